The van der Waals surface area contributed by atoms with Crippen LogP contribution in [0.15, 0.2) is 12.4 Å². The van der Waals surface area contributed by atoms with Gasteiger partial charge in [-0.15, -0.1) is 0 Å². The summed E-state index contributed by atoms with van der Waals surface area (Å²) in [6.07, 6.45) is 11.7. The largest absolute Gasteiger partial charge is 0.481 e. The maximum Gasteiger partial charge on any atom is 0.216 e. The number of aromatic nitrogens is 2. The van der Waals surface area contributed by atoms with Gasteiger partial charge >= 0.3 is 0 Å². The summed E-state index contributed by atoms with van der Waals surface area (Å²) in [5.74, 6) is 1.52. The average Bonchev–Trinajstić information content (AvgIpc) is 2.46. The molecule has 0 saturated heterocycles. The first kappa shape index (κ1) is 14.3. The van der Waals surface area contributed by atoms with Crippen LogP contribution in [0, 0.1) is 5.92 Å². The fraction of sp³-hybridized carbons (Fsp3) is 0.733. The van der Waals surface area contributed by atoms with Gasteiger partial charge in [-0.3, -0.25) is 0 Å². The number of hydrogen-bond acceptors (Lipinski definition) is 4. The molecule has 19 heavy (non-hydrogen) atoms. The Kier molecular flexibility index (Phi) is 5.58. The van der Waals surface area contributed by atoms with E-state index in [0.29, 0.717) is 5.88 Å². The molecular formula is C15H25N3O. The van der Waals surface area contributed by atoms with Crippen LogP contribution in [0.25, 0.3) is 0 Å². The van der Waals surface area contributed by atoms with E-state index >= 15 is 0 Å². The van der Waals surface area contributed by atoms with Gasteiger partial charge in [0.2, 0.25) is 5.88 Å². The average molecular weight is 263 g/mol. The molecule has 0 bridgehead atoms. The highest BCUT2D eigenvalue weighted by molar-refractivity contribution is 5.14. The molecule has 4 heteroatoms. The van der Waals surface area contributed by atoms with Crippen LogP contribution in [-0.2, 0) is 6.42 Å². The molecule has 1 unspecified atom stereocenters. The smallest absolute Gasteiger partial charge is 0.216 e. The molecule has 0 radical (unpaired) electrons. The SMILES string of the molecule is COc1cc(CC(N)CCC2CCCCC2)ncn1. The Hall–Kier alpha value is -1.16. The van der Waals surface area contributed by atoms with Crippen molar-refractivity contribution < 1.29 is 4.74 Å². The highest BCUT2D eigenvalue weighted by atomic mass is 16.5. The zero-order valence-corrected chi connectivity index (χ0v) is 11.8. The third kappa shape index (κ3) is 4.78. The van der Waals surface area contributed by atoms with E-state index in [2.05, 4.69) is 9.97 Å². The van der Waals surface area contributed by atoms with E-state index in [1.807, 2.05) is 6.07 Å². The summed E-state index contributed by atoms with van der Waals surface area (Å²) in [7, 11) is 1.62. The number of methoxy groups -OCH3 is 1. The molecule has 1 saturated carbocycles. The van der Waals surface area contributed by atoms with Crippen molar-refractivity contribution in [3.63, 3.8) is 0 Å². The molecule has 1 fully saturated rings. The molecule has 0 aliphatic heterocycles. The third-order valence-corrected chi connectivity index (χ3v) is 4.05. The summed E-state index contributed by atoms with van der Waals surface area (Å²) in [5, 5.41) is 0. The molecule has 4 nitrogen and oxygen atoms in total. The van der Waals surface area contributed by atoms with Gasteiger partial charge in [-0.25, -0.2) is 9.97 Å². The molecule has 0 aromatic carbocycles. The molecular weight excluding hydrogens is 238 g/mol. The minimum absolute atomic E-state index is 0.196. The van der Waals surface area contributed by atoms with Gasteiger partial charge < -0.3 is 10.5 Å². The molecule has 2 rings (SSSR count). The van der Waals surface area contributed by atoms with Crippen LogP contribution < -0.4 is 10.5 Å². The Balaban J connectivity index is 1.75. The lowest BCUT2D eigenvalue weighted by Gasteiger charge is -2.22. The Morgan fingerprint density at radius 3 is 2.84 bits per heavy atom. The predicted molar refractivity (Wildman–Crippen MR) is 76.1 cm³/mol. The Morgan fingerprint density at radius 2 is 2.11 bits per heavy atom. The van der Waals surface area contributed by atoms with Crippen molar-refractivity contribution in [3.05, 3.63) is 18.1 Å². The Bertz CT molecular complexity index is 377. The lowest BCUT2D eigenvalue weighted by Crippen LogP contribution is -2.24. The number of nitrogens with zero attached hydrogens (tertiary/aromatic N) is 2. The first-order valence-electron chi connectivity index (χ1n) is 7.38. The van der Waals surface area contributed by atoms with E-state index in [9.17, 15) is 0 Å². The van der Waals surface area contributed by atoms with Crippen molar-refractivity contribution in [2.75, 3.05) is 7.11 Å². The van der Waals surface area contributed by atoms with Crippen molar-refractivity contribution in [1.82, 2.24) is 9.97 Å². The molecule has 1 heterocycles. The van der Waals surface area contributed by atoms with E-state index in [4.69, 9.17) is 10.5 Å². The summed E-state index contributed by atoms with van der Waals surface area (Å²) in [6, 6.07) is 2.07. The van der Waals surface area contributed by atoms with E-state index in [0.717, 1.165) is 24.5 Å². The molecule has 2 N–H and O–H groups in total. The van der Waals surface area contributed by atoms with Crippen LogP contribution >= 0.6 is 0 Å². The molecule has 1 aromatic heterocycles. The maximum atomic E-state index is 6.21. The first-order chi connectivity index (χ1) is 9.28. The van der Waals surface area contributed by atoms with Gasteiger partial charge in [-0.05, 0) is 18.8 Å². The minimum Gasteiger partial charge on any atom is -0.481 e. The number of ether oxygens (including phenoxy) is 1. The van der Waals surface area contributed by atoms with Crippen molar-refractivity contribution in [1.29, 1.82) is 0 Å². The Labute approximate surface area is 115 Å². The van der Waals surface area contributed by atoms with Crippen molar-refractivity contribution >= 4 is 0 Å². The lowest BCUT2D eigenvalue weighted by molar-refractivity contribution is 0.322. The van der Waals surface area contributed by atoms with E-state index in [-0.39, 0.29) is 6.04 Å². The van der Waals surface area contributed by atoms with Gasteiger partial charge in [-0.2, -0.15) is 0 Å². The van der Waals surface area contributed by atoms with Crippen molar-refractivity contribution in [2.24, 2.45) is 11.7 Å². The lowest BCUT2D eigenvalue weighted by atomic mass is 9.85. The minimum atomic E-state index is 0.196. The zero-order valence-electron chi connectivity index (χ0n) is 11.8. The predicted octanol–water partition coefficient (Wildman–Crippen LogP) is 2.72. The van der Waals surface area contributed by atoms with Crippen LogP contribution in [0.5, 0.6) is 5.88 Å². The number of hydrogen-bond donors (Lipinski definition) is 1. The van der Waals surface area contributed by atoms with Crippen LogP contribution in [0.2, 0.25) is 0 Å². The summed E-state index contributed by atoms with van der Waals surface area (Å²) in [6.45, 7) is 0. The molecule has 0 spiro atoms. The second-order valence-electron chi connectivity index (χ2n) is 5.60. The van der Waals surface area contributed by atoms with Crippen molar-refractivity contribution in [2.45, 2.75) is 57.4 Å². The molecule has 0 amide bonds. The standard InChI is InChI=1S/C15H25N3O/c1-19-15-10-14(17-11-18-15)9-13(16)8-7-12-5-3-2-4-6-12/h10-13H,2-9,16H2,1H3. The third-order valence-electron chi connectivity index (χ3n) is 4.05. The Morgan fingerprint density at radius 1 is 1.32 bits per heavy atom. The normalized spacial score (nSPS) is 18.2. The van der Waals surface area contributed by atoms with Crippen LogP contribution in [0.3, 0.4) is 0 Å². The topological polar surface area (TPSA) is 61.0 Å². The molecule has 1 aromatic rings. The van der Waals surface area contributed by atoms with Gasteiger partial charge in [0.1, 0.15) is 6.33 Å². The molecule has 1 aliphatic carbocycles. The van der Waals surface area contributed by atoms with Gasteiger partial charge in [-0.1, -0.05) is 32.1 Å². The number of rotatable bonds is 6. The summed E-state index contributed by atoms with van der Waals surface area (Å²) in [4.78, 5) is 8.26. The zero-order chi connectivity index (χ0) is 13.5. The van der Waals surface area contributed by atoms with Crippen LogP contribution in [0.4, 0.5) is 0 Å². The van der Waals surface area contributed by atoms with E-state index in [1.54, 1.807) is 13.4 Å². The summed E-state index contributed by atoms with van der Waals surface area (Å²) < 4.78 is 5.10. The highest BCUT2D eigenvalue weighted by Crippen LogP contribution is 2.27. The molecule has 1 atom stereocenters. The second kappa shape index (κ2) is 7.43. The number of nitrogens with two attached hydrogens (primary N) is 1. The highest BCUT2D eigenvalue weighted by Gasteiger charge is 2.15. The monoisotopic (exact) mass is 263 g/mol. The van der Waals surface area contributed by atoms with Crippen molar-refractivity contribution in [3.8, 4) is 5.88 Å². The fourth-order valence-corrected chi connectivity index (χ4v) is 2.90. The van der Waals surface area contributed by atoms with Crippen LogP contribution in [0.1, 0.15) is 50.6 Å². The maximum absolute atomic E-state index is 6.21. The van der Waals surface area contributed by atoms with Gasteiger partial charge in [0.15, 0.2) is 0 Å². The van der Waals surface area contributed by atoms with Gasteiger partial charge in [0.25, 0.3) is 0 Å². The quantitative estimate of drug-likeness (QED) is 0.857. The molecule has 106 valence electrons. The summed E-state index contributed by atoms with van der Waals surface area (Å²) >= 11 is 0. The summed E-state index contributed by atoms with van der Waals surface area (Å²) in [5.41, 5.74) is 7.19. The second-order valence-corrected chi connectivity index (χ2v) is 5.60. The van der Waals surface area contributed by atoms with Crippen LogP contribution in [-0.4, -0.2) is 23.1 Å². The fourth-order valence-electron chi connectivity index (χ4n) is 2.90. The van der Waals surface area contributed by atoms with Gasteiger partial charge in [0.05, 0.1) is 7.11 Å². The first-order valence-corrected chi connectivity index (χ1v) is 7.38. The van der Waals surface area contributed by atoms with E-state index in [1.165, 1.54) is 38.5 Å². The molecule has 1 aliphatic rings. The van der Waals surface area contributed by atoms with Gasteiger partial charge in [0, 0.05) is 24.2 Å². The van der Waals surface area contributed by atoms with E-state index < -0.39 is 0 Å².